The van der Waals surface area contributed by atoms with Gasteiger partial charge in [-0.2, -0.15) is 0 Å². The third-order valence-electron chi connectivity index (χ3n) is 3.09. The summed E-state index contributed by atoms with van der Waals surface area (Å²) in [6.07, 6.45) is 5.57. The number of anilines is 2. The topological polar surface area (TPSA) is 38.0 Å². The average molecular weight is 204 g/mol. The molecule has 0 aromatic heterocycles. The smallest absolute Gasteiger partial charge is 0.0364 e. The van der Waals surface area contributed by atoms with E-state index in [9.17, 15) is 0 Å². The molecule has 2 rings (SSSR count). The van der Waals surface area contributed by atoms with E-state index in [2.05, 4.69) is 17.4 Å². The molecule has 82 valence electrons. The Balaban J connectivity index is 1.74. The standard InChI is InChI=1S/C13H20N2/c1-10-4-7-12(9-13(10)14)15-8-2-3-11-5-6-11/h4,7,9,11,15H,2-3,5-6,8,14H2,1H3. The second-order valence-electron chi connectivity index (χ2n) is 4.58. The second kappa shape index (κ2) is 4.56. The van der Waals surface area contributed by atoms with Crippen molar-refractivity contribution in [2.45, 2.75) is 32.6 Å². The van der Waals surface area contributed by atoms with E-state index in [1.54, 1.807) is 0 Å². The van der Waals surface area contributed by atoms with Crippen LogP contribution in [0.2, 0.25) is 0 Å². The molecule has 1 aliphatic carbocycles. The van der Waals surface area contributed by atoms with Crippen LogP contribution in [-0.4, -0.2) is 6.54 Å². The Labute approximate surface area is 91.9 Å². The summed E-state index contributed by atoms with van der Waals surface area (Å²) in [5.74, 6) is 1.04. The van der Waals surface area contributed by atoms with E-state index in [1.165, 1.54) is 25.7 Å². The number of hydrogen-bond donors (Lipinski definition) is 2. The van der Waals surface area contributed by atoms with Gasteiger partial charge in [-0.1, -0.05) is 18.9 Å². The molecular formula is C13H20N2. The Hall–Kier alpha value is -1.18. The van der Waals surface area contributed by atoms with Crippen LogP contribution < -0.4 is 11.1 Å². The third kappa shape index (κ3) is 3.15. The molecule has 0 saturated heterocycles. The van der Waals surface area contributed by atoms with Gasteiger partial charge in [0.1, 0.15) is 0 Å². The molecule has 0 bridgehead atoms. The summed E-state index contributed by atoms with van der Waals surface area (Å²) in [7, 11) is 0. The van der Waals surface area contributed by atoms with Crippen molar-refractivity contribution in [2.75, 3.05) is 17.6 Å². The molecule has 1 aliphatic rings. The van der Waals surface area contributed by atoms with Crippen molar-refractivity contribution in [2.24, 2.45) is 5.92 Å². The lowest BCUT2D eigenvalue weighted by atomic mass is 10.2. The fourth-order valence-electron chi connectivity index (χ4n) is 1.78. The summed E-state index contributed by atoms with van der Waals surface area (Å²) in [5, 5.41) is 3.42. The van der Waals surface area contributed by atoms with Crippen molar-refractivity contribution in [1.82, 2.24) is 0 Å². The maximum absolute atomic E-state index is 5.84. The zero-order valence-electron chi connectivity index (χ0n) is 9.42. The Morgan fingerprint density at radius 3 is 2.87 bits per heavy atom. The van der Waals surface area contributed by atoms with Crippen LogP contribution in [0.1, 0.15) is 31.2 Å². The molecule has 1 aromatic rings. The Kier molecular flexibility index (Phi) is 3.14. The van der Waals surface area contributed by atoms with Crippen molar-refractivity contribution in [3.05, 3.63) is 23.8 Å². The van der Waals surface area contributed by atoms with Crippen LogP contribution in [0, 0.1) is 12.8 Å². The molecule has 15 heavy (non-hydrogen) atoms. The molecule has 0 heterocycles. The highest BCUT2D eigenvalue weighted by Gasteiger charge is 2.19. The van der Waals surface area contributed by atoms with Gasteiger partial charge in [0.25, 0.3) is 0 Å². The van der Waals surface area contributed by atoms with Crippen LogP contribution in [0.3, 0.4) is 0 Å². The molecule has 0 radical (unpaired) electrons. The van der Waals surface area contributed by atoms with Crippen LogP contribution in [-0.2, 0) is 0 Å². The lowest BCUT2D eigenvalue weighted by molar-refractivity contribution is 0.687. The second-order valence-corrected chi connectivity index (χ2v) is 4.58. The fourth-order valence-corrected chi connectivity index (χ4v) is 1.78. The van der Waals surface area contributed by atoms with Gasteiger partial charge in [-0.15, -0.1) is 0 Å². The Morgan fingerprint density at radius 1 is 1.40 bits per heavy atom. The monoisotopic (exact) mass is 204 g/mol. The van der Waals surface area contributed by atoms with Crippen LogP contribution >= 0.6 is 0 Å². The highest BCUT2D eigenvalue weighted by atomic mass is 14.9. The zero-order valence-corrected chi connectivity index (χ0v) is 9.42. The molecule has 2 nitrogen and oxygen atoms in total. The number of aryl methyl sites for hydroxylation is 1. The minimum Gasteiger partial charge on any atom is -0.398 e. The van der Waals surface area contributed by atoms with E-state index in [-0.39, 0.29) is 0 Å². The van der Waals surface area contributed by atoms with Gasteiger partial charge >= 0.3 is 0 Å². The summed E-state index contributed by atoms with van der Waals surface area (Å²) in [4.78, 5) is 0. The molecule has 1 fully saturated rings. The molecule has 2 heteroatoms. The van der Waals surface area contributed by atoms with E-state index in [1.807, 2.05) is 13.0 Å². The van der Waals surface area contributed by atoms with Crippen LogP contribution in [0.5, 0.6) is 0 Å². The zero-order chi connectivity index (χ0) is 10.7. The summed E-state index contributed by atoms with van der Waals surface area (Å²) < 4.78 is 0. The molecular weight excluding hydrogens is 184 g/mol. The first-order valence-electron chi connectivity index (χ1n) is 5.86. The SMILES string of the molecule is Cc1ccc(NCCCC2CC2)cc1N. The summed E-state index contributed by atoms with van der Waals surface area (Å²) in [5.41, 5.74) is 9.02. The minimum atomic E-state index is 0.877. The van der Waals surface area contributed by atoms with E-state index in [4.69, 9.17) is 5.73 Å². The van der Waals surface area contributed by atoms with Gasteiger partial charge < -0.3 is 11.1 Å². The quantitative estimate of drug-likeness (QED) is 0.571. The van der Waals surface area contributed by atoms with Gasteiger partial charge in [-0.25, -0.2) is 0 Å². The molecule has 0 atom stereocenters. The van der Waals surface area contributed by atoms with E-state index < -0.39 is 0 Å². The highest BCUT2D eigenvalue weighted by Crippen LogP contribution is 2.33. The number of rotatable bonds is 5. The highest BCUT2D eigenvalue weighted by molar-refractivity contribution is 5.58. The van der Waals surface area contributed by atoms with Crippen molar-refractivity contribution >= 4 is 11.4 Å². The number of nitrogen functional groups attached to an aromatic ring is 1. The lowest BCUT2D eigenvalue weighted by Gasteiger charge is -2.08. The molecule has 0 unspecified atom stereocenters. The van der Waals surface area contributed by atoms with E-state index in [0.717, 1.165) is 29.4 Å². The number of nitrogens with one attached hydrogen (secondary N) is 1. The Bertz CT molecular complexity index is 329. The largest absolute Gasteiger partial charge is 0.398 e. The van der Waals surface area contributed by atoms with Crippen molar-refractivity contribution in [1.29, 1.82) is 0 Å². The van der Waals surface area contributed by atoms with Gasteiger partial charge in [0, 0.05) is 17.9 Å². The van der Waals surface area contributed by atoms with Gasteiger partial charge in [-0.3, -0.25) is 0 Å². The maximum atomic E-state index is 5.84. The van der Waals surface area contributed by atoms with E-state index in [0.29, 0.717) is 0 Å². The summed E-state index contributed by atoms with van der Waals surface area (Å²) >= 11 is 0. The molecule has 1 aromatic carbocycles. The molecule has 0 amide bonds. The molecule has 0 spiro atoms. The molecule has 3 N–H and O–H groups in total. The lowest BCUT2D eigenvalue weighted by Crippen LogP contribution is -2.02. The Morgan fingerprint density at radius 2 is 2.20 bits per heavy atom. The third-order valence-corrected chi connectivity index (χ3v) is 3.09. The molecule has 0 aliphatic heterocycles. The first kappa shape index (κ1) is 10.3. The summed E-state index contributed by atoms with van der Waals surface area (Å²) in [6, 6.07) is 6.19. The van der Waals surface area contributed by atoms with Crippen LogP contribution in [0.15, 0.2) is 18.2 Å². The number of nitrogens with two attached hydrogens (primary N) is 1. The van der Waals surface area contributed by atoms with Crippen LogP contribution in [0.25, 0.3) is 0 Å². The van der Waals surface area contributed by atoms with Gasteiger partial charge in [0.05, 0.1) is 0 Å². The fraction of sp³-hybridized carbons (Fsp3) is 0.538. The summed E-state index contributed by atoms with van der Waals surface area (Å²) in [6.45, 7) is 3.10. The van der Waals surface area contributed by atoms with E-state index >= 15 is 0 Å². The first-order chi connectivity index (χ1) is 7.25. The first-order valence-corrected chi connectivity index (χ1v) is 5.86. The van der Waals surface area contributed by atoms with Gasteiger partial charge in [0.15, 0.2) is 0 Å². The number of benzene rings is 1. The van der Waals surface area contributed by atoms with Gasteiger partial charge in [-0.05, 0) is 43.4 Å². The maximum Gasteiger partial charge on any atom is 0.0364 e. The normalized spacial score (nSPS) is 15.3. The van der Waals surface area contributed by atoms with Gasteiger partial charge in [0.2, 0.25) is 0 Å². The van der Waals surface area contributed by atoms with Crippen molar-refractivity contribution < 1.29 is 0 Å². The molecule has 1 saturated carbocycles. The predicted molar refractivity (Wildman–Crippen MR) is 66.0 cm³/mol. The van der Waals surface area contributed by atoms with Crippen molar-refractivity contribution in [3.8, 4) is 0 Å². The van der Waals surface area contributed by atoms with Crippen molar-refractivity contribution in [3.63, 3.8) is 0 Å². The van der Waals surface area contributed by atoms with Crippen LogP contribution in [0.4, 0.5) is 11.4 Å². The average Bonchev–Trinajstić information content (AvgIpc) is 3.02. The number of hydrogen-bond acceptors (Lipinski definition) is 2. The minimum absolute atomic E-state index is 0.877. The predicted octanol–water partition coefficient (Wildman–Crippen LogP) is 3.18.